The van der Waals surface area contributed by atoms with Gasteiger partial charge in [0.1, 0.15) is 17.2 Å². The Balaban J connectivity index is 1.70. The molecule has 3 aromatic rings. The molecular weight excluding hydrogens is 386 g/mol. The zero-order valence-electron chi connectivity index (χ0n) is 17.0. The van der Waals surface area contributed by atoms with Crippen molar-refractivity contribution in [3.05, 3.63) is 70.5 Å². The molecule has 0 saturated carbocycles. The van der Waals surface area contributed by atoms with Crippen LogP contribution in [0.1, 0.15) is 10.4 Å². The summed E-state index contributed by atoms with van der Waals surface area (Å²) in [6, 6.07) is 15.5. The third-order valence-corrected chi connectivity index (χ3v) is 4.51. The summed E-state index contributed by atoms with van der Waals surface area (Å²) in [5.41, 5.74) is 1.61. The first-order chi connectivity index (χ1) is 14.5. The SMILES string of the molecule is COc1ccc(-c2ccc(=O)n(CCNC(=O)c3cc(OC)ccc3OC)n2)cc1. The van der Waals surface area contributed by atoms with Crippen LogP contribution in [-0.2, 0) is 6.54 Å². The van der Waals surface area contributed by atoms with E-state index < -0.39 is 0 Å². The molecule has 1 N–H and O–H groups in total. The first-order valence-electron chi connectivity index (χ1n) is 9.28. The van der Waals surface area contributed by atoms with Gasteiger partial charge in [-0.25, -0.2) is 4.68 Å². The van der Waals surface area contributed by atoms with Gasteiger partial charge in [0.2, 0.25) is 0 Å². The van der Waals surface area contributed by atoms with Gasteiger partial charge < -0.3 is 19.5 Å². The maximum absolute atomic E-state index is 12.6. The van der Waals surface area contributed by atoms with Crippen LogP contribution in [0.3, 0.4) is 0 Å². The van der Waals surface area contributed by atoms with Crippen molar-refractivity contribution >= 4 is 5.91 Å². The van der Waals surface area contributed by atoms with Crippen LogP contribution in [0.25, 0.3) is 11.3 Å². The summed E-state index contributed by atoms with van der Waals surface area (Å²) < 4.78 is 16.9. The lowest BCUT2D eigenvalue weighted by Crippen LogP contribution is -2.32. The first kappa shape index (κ1) is 20.9. The maximum atomic E-state index is 12.6. The quantitative estimate of drug-likeness (QED) is 0.614. The van der Waals surface area contributed by atoms with E-state index in [1.807, 2.05) is 24.3 Å². The lowest BCUT2D eigenvalue weighted by molar-refractivity contribution is 0.0948. The first-order valence-corrected chi connectivity index (χ1v) is 9.28. The highest BCUT2D eigenvalue weighted by molar-refractivity contribution is 5.97. The normalized spacial score (nSPS) is 10.4. The molecule has 0 fully saturated rings. The zero-order valence-corrected chi connectivity index (χ0v) is 17.0. The monoisotopic (exact) mass is 409 g/mol. The molecule has 0 unspecified atom stereocenters. The summed E-state index contributed by atoms with van der Waals surface area (Å²) in [6.07, 6.45) is 0. The molecule has 0 aliphatic heterocycles. The van der Waals surface area contributed by atoms with Crippen molar-refractivity contribution < 1.29 is 19.0 Å². The van der Waals surface area contributed by atoms with Crippen molar-refractivity contribution in [3.63, 3.8) is 0 Å². The van der Waals surface area contributed by atoms with Gasteiger partial charge in [0.25, 0.3) is 11.5 Å². The Morgan fingerprint density at radius 2 is 1.63 bits per heavy atom. The number of benzene rings is 2. The van der Waals surface area contributed by atoms with Crippen LogP contribution in [0.5, 0.6) is 17.2 Å². The third kappa shape index (κ3) is 4.78. The van der Waals surface area contributed by atoms with Gasteiger partial charge in [0.05, 0.1) is 39.1 Å². The Morgan fingerprint density at radius 1 is 0.933 bits per heavy atom. The summed E-state index contributed by atoms with van der Waals surface area (Å²) in [7, 11) is 4.62. The Morgan fingerprint density at radius 3 is 2.30 bits per heavy atom. The number of ether oxygens (including phenoxy) is 3. The second kappa shape index (κ2) is 9.60. The zero-order chi connectivity index (χ0) is 21.5. The Bertz CT molecular complexity index is 1080. The van der Waals surface area contributed by atoms with Crippen molar-refractivity contribution in [2.75, 3.05) is 27.9 Å². The van der Waals surface area contributed by atoms with E-state index in [0.29, 0.717) is 22.8 Å². The van der Waals surface area contributed by atoms with E-state index in [1.54, 1.807) is 31.4 Å². The minimum absolute atomic E-state index is 0.220. The maximum Gasteiger partial charge on any atom is 0.266 e. The van der Waals surface area contributed by atoms with Gasteiger partial charge in [-0.3, -0.25) is 9.59 Å². The summed E-state index contributed by atoms with van der Waals surface area (Å²) >= 11 is 0. The van der Waals surface area contributed by atoms with Crippen LogP contribution in [0.4, 0.5) is 0 Å². The molecule has 1 amide bonds. The number of aromatic nitrogens is 2. The molecule has 0 bridgehead atoms. The molecule has 156 valence electrons. The molecule has 8 nitrogen and oxygen atoms in total. The van der Waals surface area contributed by atoms with Gasteiger partial charge in [-0.05, 0) is 48.5 Å². The average molecular weight is 409 g/mol. The van der Waals surface area contributed by atoms with Gasteiger partial charge in [-0.15, -0.1) is 0 Å². The van der Waals surface area contributed by atoms with Crippen molar-refractivity contribution in [1.82, 2.24) is 15.1 Å². The van der Waals surface area contributed by atoms with Gasteiger partial charge >= 0.3 is 0 Å². The van der Waals surface area contributed by atoms with Crippen LogP contribution >= 0.6 is 0 Å². The van der Waals surface area contributed by atoms with Crippen LogP contribution in [0, 0.1) is 0 Å². The molecule has 30 heavy (non-hydrogen) atoms. The Hall–Kier alpha value is -3.81. The smallest absolute Gasteiger partial charge is 0.266 e. The number of carbonyl (C=O) groups excluding carboxylic acids is 1. The number of nitrogens with zero attached hydrogens (tertiary/aromatic N) is 2. The predicted molar refractivity (Wildman–Crippen MR) is 112 cm³/mol. The average Bonchev–Trinajstić information content (AvgIpc) is 2.79. The number of carbonyl (C=O) groups is 1. The fraction of sp³-hybridized carbons (Fsp3) is 0.227. The fourth-order valence-electron chi connectivity index (χ4n) is 2.89. The Labute approximate surface area is 174 Å². The number of hydrogen-bond donors (Lipinski definition) is 1. The van der Waals surface area contributed by atoms with E-state index in [2.05, 4.69) is 10.4 Å². The minimum Gasteiger partial charge on any atom is -0.497 e. The predicted octanol–water partition coefficient (Wildman–Crippen LogP) is 2.37. The van der Waals surface area contributed by atoms with Crippen LogP contribution in [0.2, 0.25) is 0 Å². The molecular formula is C22H23N3O5. The van der Waals surface area contributed by atoms with Gasteiger partial charge in [0, 0.05) is 18.2 Å². The molecule has 2 aromatic carbocycles. The van der Waals surface area contributed by atoms with Gasteiger partial charge in [-0.1, -0.05) is 0 Å². The Kier molecular flexibility index (Phi) is 6.69. The summed E-state index contributed by atoms with van der Waals surface area (Å²) in [5.74, 6) is 1.39. The van der Waals surface area contributed by atoms with E-state index >= 15 is 0 Å². The highest BCUT2D eigenvalue weighted by Gasteiger charge is 2.13. The molecule has 3 rings (SSSR count). The van der Waals surface area contributed by atoms with E-state index in [9.17, 15) is 9.59 Å². The number of methoxy groups -OCH3 is 3. The standard InChI is InChI=1S/C22H23N3O5/c1-28-16-6-4-15(5-7-16)19-9-11-21(26)25(24-19)13-12-23-22(27)18-14-17(29-2)8-10-20(18)30-3/h4-11,14H,12-13H2,1-3H3,(H,23,27). The molecule has 0 aliphatic carbocycles. The van der Waals surface area contributed by atoms with Crippen molar-refractivity contribution in [1.29, 1.82) is 0 Å². The third-order valence-electron chi connectivity index (χ3n) is 4.51. The minimum atomic E-state index is -0.329. The summed E-state index contributed by atoms with van der Waals surface area (Å²) in [4.78, 5) is 24.7. The number of rotatable bonds is 8. The topological polar surface area (TPSA) is 91.7 Å². The van der Waals surface area contributed by atoms with Gasteiger partial charge in [-0.2, -0.15) is 5.10 Å². The molecule has 0 spiro atoms. The second-order valence-corrected chi connectivity index (χ2v) is 6.33. The van der Waals surface area contributed by atoms with Crippen LogP contribution < -0.4 is 25.1 Å². The summed E-state index contributed by atoms with van der Waals surface area (Å²) in [6.45, 7) is 0.443. The molecule has 8 heteroatoms. The van der Waals surface area contributed by atoms with Gasteiger partial charge in [0.15, 0.2) is 0 Å². The number of amides is 1. The highest BCUT2D eigenvalue weighted by atomic mass is 16.5. The highest BCUT2D eigenvalue weighted by Crippen LogP contribution is 2.23. The fourth-order valence-corrected chi connectivity index (χ4v) is 2.89. The molecule has 0 saturated heterocycles. The molecule has 0 radical (unpaired) electrons. The lowest BCUT2D eigenvalue weighted by Gasteiger charge is -2.12. The van der Waals surface area contributed by atoms with E-state index in [4.69, 9.17) is 14.2 Å². The van der Waals surface area contributed by atoms with E-state index in [1.165, 1.54) is 25.0 Å². The van der Waals surface area contributed by atoms with Crippen molar-refractivity contribution in [3.8, 4) is 28.5 Å². The van der Waals surface area contributed by atoms with Crippen LogP contribution in [0.15, 0.2) is 59.4 Å². The van der Waals surface area contributed by atoms with Crippen molar-refractivity contribution in [2.24, 2.45) is 0 Å². The van der Waals surface area contributed by atoms with E-state index in [0.717, 1.165) is 11.3 Å². The molecule has 0 atom stereocenters. The lowest BCUT2D eigenvalue weighted by atomic mass is 10.1. The molecule has 1 heterocycles. The summed E-state index contributed by atoms with van der Waals surface area (Å²) in [5, 5.41) is 7.18. The van der Waals surface area contributed by atoms with Crippen LogP contribution in [-0.4, -0.2) is 43.6 Å². The van der Waals surface area contributed by atoms with E-state index in [-0.39, 0.29) is 24.6 Å². The molecule has 0 aliphatic rings. The largest absolute Gasteiger partial charge is 0.497 e. The second-order valence-electron chi connectivity index (χ2n) is 6.33. The number of hydrogen-bond acceptors (Lipinski definition) is 6. The molecule has 1 aromatic heterocycles. The number of nitrogens with one attached hydrogen (secondary N) is 1. The van der Waals surface area contributed by atoms with Crippen molar-refractivity contribution in [2.45, 2.75) is 6.54 Å².